The molecule has 4 heteroatoms. The van der Waals surface area contributed by atoms with Crippen LogP contribution in [0.25, 0.3) is 0 Å². The highest BCUT2D eigenvalue weighted by atomic mass is 16.7. The molecule has 0 amide bonds. The van der Waals surface area contributed by atoms with Crippen LogP contribution in [-0.4, -0.2) is 29.6 Å². The number of carboxylic acid groups (broad SMARTS) is 1. The van der Waals surface area contributed by atoms with Gasteiger partial charge in [0.25, 0.3) is 0 Å². The Morgan fingerprint density at radius 1 is 0.865 bits per heavy atom. The van der Waals surface area contributed by atoms with Crippen LogP contribution in [0.5, 0.6) is 0 Å². The van der Waals surface area contributed by atoms with Gasteiger partial charge in [-0.1, -0.05) is 53.2 Å². The molecule has 5 fully saturated rings. The second-order valence-electron chi connectivity index (χ2n) is 16.5. The Balaban J connectivity index is 1.39. The Kier molecular flexibility index (Phi) is 5.45. The fourth-order valence-corrected chi connectivity index (χ4v) is 11.5. The standard InChI is InChI=1S/C33H52O4/c1-27(2)15-17-33(26(34)35)18-16-31(7)21(22(33)19-27)9-10-24-29(5)13-12-25-30(6,20-36-28(3,4)37-25)23(29)11-14-32(24,31)8/h9,22-25H,10-20H2,1-8H3,(H,34,35)/t22-,23+,24+,25-,29-,30-,31+,32+,33-/m0/s1. The van der Waals surface area contributed by atoms with Gasteiger partial charge in [-0.3, -0.25) is 4.79 Å². The summed E-state index contributed by atoms with van der Waals surface area (Å²) in [5, 5.41) is 10.6. The van der Waals surface area contributed by atoms with Crippen LogP contribution >= 0.6 is 0 Å². The van der Waals surface area contributed by atoms with Crippen molar-refractivity contribution in [2.45, 2.75) is 131 Å². The van der Waals surface area contributed by atoms with Gasteiger partial charge < -0.3 is 14.6 Å². The maximum atomic E-state index is 12.9. The first kappa shape index (κ1) is 26.4. The number of aliphatic carboxylic acids is 1. The number of fused-ring (bicyclic) bond motifs is 9. The summed E-state index contributed by atoms with van der Waals surface area (Å²) < 4.78 is 12.9. The fourth-order valence-electron chi connectivity index (χ4n) is 11.5. The van der Waals surface area contributed by atoms with Gasteiger partial charge in [0.1, 0.15) is 0 Å². The molecule has 5 aliphatic carbocycles. The van der Waals surface area contributed by atoms with Gasteiger partial charge in [0.05, 0.1) is 18.1 Å². The van der Waals surface area contributed by atoms with Crippen molar-refractivity contribution in [3.05, 3.63) is 11.6 Å². The molecule has 1 aliphatic heterocycles. The zero-order valence-corrected chi connectivity index (χ0v) is 24.8. The summed E-state index contributed by atoms with van der Waals surface area (Å²) >= 11 is 0. The molecule has 4 saturated carbocycles. The average Bonchev–Trinajstić information content (AvgIpc) is 2.79. The van der Waals surface area contributed by atoms with Crippen molar-refractivity contribution in [3.63, 3.8) is 0 Å². The summed E-state index contributed by atoms with van der Waals surface area (Å²) in [6.07, 6.45) is 13.5. The quantitative estimate of drug-likeness (QED) is 0.362. The Hall–Kier alpha value is -0.870. The van der Waals surface area contributed by atoms with E-state index in [1.165, 1.54) is 24.8 Å². The SMILES string of the molecule is CC1(C)CC[C@]2(C(=O)O)CC[C@]3(C)C(=CC[C@@H]4[C@@]5(C)CC[C@@H]6OC(C)(C)OC[C@@]6(C)[C@@H]5CC[C@]43C)[C@@H]2C1. The second-order valence-corrected chi connectivity index (χ2v) is 16.5. The molecule has 208 valence electrons. The lowest BCUT2D eigenvalue weighted by Crippen LogP contribution is -2.67. The minimum atomic E-state index is -0.555. The van der Waals surface area contributed by atoms with Crippen LogP contribution in [0.3, 0.4) is 0 Å². The third-order valence-electron chi connectivity index (χ3n) is 14.0. The summed E-state index contributed by atoms with van der Waals surface area (Å²) in [6.45, 7) is 19.9. The van der Waals surface area contributed by atoms with E-state index in [9.17, 15) is 9.90 Å². The summed E-state index contributed by atoms with van der Waals surface area (Å²) in [4.78, 5) is 12.9. The third kappa shape index (κ3) is 3.30. The summed E-state index contributed by atoms with van der Waals surface area (Å²) in [7, 11) is 0. The molecule has 37 heavy (non-hydrogen) atoms. The lowest BCUT2D eigenvalue weighted by Gasteiger charge is -2.72. The predicted octanol–water partition coefficient (Wildman–Crippen LogP) is 8.00. The number of carbonyl (C=O) groups is 1. The molecule has 0 unspecified atom stereocenters. The molecule has 4 nitrogen and oxygen atoms in total. The van der Waals surface area contributed by atoms with E-state index in [1.54, 1.807) is 0 Å². The largest absolute Gasteiger partial charge is 0.481 e. The van der Waals surface area contributed by atoms with Crippen molar-refractivity contribution in [1.82, 2.24) is 0 Å². The zero-order chi connectivity index (χ0) is 26.9. The van der Waals surface area contributed by atoms with E-state index in [2.05, 4.69) is 61.5 Å². The van der Waals surface area contributed by atoms with Gasteiger partial charge >= 0.3 is 5.97 Å². The number of ether oxygens (including phenoxy) is 2. The highest BCUT2D eigenvalue weighted by Gasteiger charge is 2.70. The molecule has 1 N–H and O–H groups in total. The van der Waals surface area contributed by atoms with E-state index in [0.717, 1.165) is 51.6 Å². The van der Waals surface area contributed by atoms with Crippen molar-refractivity contribution in [2.24, 2.45) is 50.2 Å². The Bertz CT molecular complexity index is 1030. The molecule has 0 spiro atoms. The van der Waals surface area contributed by atoms with E-state index < -0.39 is 17.2 Å². The van der Waals surface area contributed by atoms with Crippen molar-refractivity contribution in [2.75, 3.05) is 6.61 Å². The summed E-state index contributed by atoms with van der Waals surface area (Å²) in [5.74, 6) is 0.386. The van der Waals surface area contributed by atoms with Crippen LogP contribution in [0, 0.1) is 50.2 Å². The van der Waals surface area contributed by atoms with Gasteiger partial charge in [-0.2, -0.15) is 0 Å². The van der Waals surface area contributed by atoms with E-state index in [0.29, 0.717) is 11.8 Å². The molecule has 1 heterocycles. The lowest BCUT2D eigenvalue weighted by atomic mass is 9.33. The highest BCUT2D eigenvalue weighted by Crippen LogP contribution is 2.76. The average molecular weight is 513 g/mol. The third-order valence-corrected chi connectivity index (χ3v) is 14.0. The van der Waals surface area contributed by atoms with Crippen molar-refractivity contribution in [1.29, 1.82) is 0 Å². The Labute approximate surface area is 225 Å². The maximum Gasteiger partial charge on any atom is 0.310 e. The summed E-state index contributed by atoms with van der Waals surface area (Å²) in [5.41, 5.74) is 1.79. The lowest BCUT2D eigenvalue weighted by molar-refractivity contribution is -0.351. The molecular weight excluding hydrogens is 460 g/mol. The molecule has 6 rings (SSSR count). The van der Waals surface area contributed by atoms with Gasteiger partial charge in [0.15, 0.2) is 5.79 Å². The smallest absolute Gasteiger partial charge is 0.310 e. The van der Waals surface area contributed by atoms with E-state index in [1.807, 2.05) is 0 Å². The first-order valence-electron chi connectivity index (χ1n) is 15.3. The van der Waals surface area contributed by atoms with Crippen LogP contribution in [0.4, 0.5) is 0 Å². The van der Waals surface area contributed by atoms with Gasteiger partial charge in [-0.15, -0.1) is 0 Å². The molecule has 0 bridgehead atoms. The van der Waals surface area contributed by atoms with Crippen LogP contribution in [-0.2, 0) is 14.3 Å². The first-order chi connectivity index (χ1) is 17.0. The van der Waals surface area contributed by atoms with Crippen molar-refractivity contribution < 1.29 is 19.4 Å². The minimum Gasteiger partial charge on any atom is -0.481 e. The van der Waals surface area contributed by atoms with Gasteiger partial charge in [0, 0.05) is 5.41 Å². The molecule has 6 aliphatic rings. The number of carboxylic acids is 1. The number of hydrogen-bond acceptors (Lipinski definition) is 3. The van der Waals surface area contributed by atoms with Crippen LogP contribution in [0.2, 0.25) is 0 Å². The number of rotatable bonds is 1. The van der Waals surface area contributed by atoms with E-state index in [-0.39, 0.29) is 39.1 Å². The van der Waals surface area contributed by atoms with Gasteiger partial charge in [-0.25, -0.2) is 0 Å². The summed E-state index contributed by atoms with van der Waals surface area (Å²) in [6, 6.07) is 0. The molecule has 0 aromatic rings. The van der Waals surface area contributed by atoms with Crippen LogP contribution in [0.1, 0.15) is 120 Å². The molecule has 9 atom stereocenters. The van der Waals surface area contributed by atoms with Crippen molar-refractivity contribution in [3.8, 4) is 0 Å². The molecule has 1 saturated heterocycles. The second kappa shape index (κ2) is 7.65. The number of hydrogen-bond donors (Lipinski definition) is 1. The number of allylic oxidation sites excluding steroid dienone is 2. The van der Waals surface area contributed by atoms with Crippen LogP contribution in [0.15, 0.2) is 11.6 Å². The first-order valence-corrected chi connectivity index (χ1v) is 15.3. The van der Waals surface area contributed by atoms with Gasteiger partial charge in [0.2, 0.25) is 0 Å². The predicted molar refractivity (Wildman–Crippen MR) is 146 cm³/mol. The maximum absolute atomic E-state index is 12.9. The molecule has 0 aromatic heterocycles. The minimum absolute atomic E-state index is 0.0627. The van der Waals surface area contributed by atoms with Crippen molar-refractivity contribution >= 4 is 5.97 Å². The van der Waals surface area contributed by atoms with Gasteiger partial charge in [-0.05, 0) is 117 Å². The van der Waals surface area contributed by atoms with E-state index in [4.69, 9.17) is 9.47 Å². The topological polar surface area (TPSA) is 55.8 Å². The van der Waals surface area contributed by atoms with E-state index >= 15 is 0 Å². The molecular formula is C33H52O4. The zero-order valence-electron chi connectivity index (χ0n) is 24.8. The fraction of sp³-hybridized carbons (Fsp3) is 0.909. The Morgan fingerprint density at radius 2 is 1.57 bits per heavy atom. The monoisotopic (exact) mass is 512 g/mol. The Morgan fingerprint density at radius 3 is 2.27 bits per heavy atom. The highest BCUT2D eigenvalue weighted by molar-refractivity contribution is 5.76. The molecule has 0 radical (unpaired) electrons. The normalized spacial score (nSPS) is 53.9. The van der Waals surface area contributed by atoms with Crippen LogP contribution < -0.4 is 0 Å². The molecule has 0 aromatic carbocycles.